The highest BCUT2D eigenvalue weighted by molar-refractivity contribution is 5.96. The molecule has 2 amide bonds. The summed E-state index contributed by atoms with van der Waals surface area (Å²) in [5.41, 5.74) is 2.59. The van der Waals surface area contributed by atoms with Crippen LogP contribution >= 0.6 is 0 Å². The van der Waals surface area contributed by atoms with E-state index in [4.69, 9.17) is 0 Å². The fraction of sp³-hybridized carbons (Fsp3) is 0.364. The Morgan fingerprint density at radius 3 is 2.70 bits per heavy atom. The molecule has 2 aromatic carbocycles. The SMILES string of the molecule is CC(=O)c1cccc(NC(=O)NC[C@H]2C[C@@H](Cc3ccccc3)CCN2)c1. The van der Waals surface area contributed by atoms with Crippen molar-refractivity contribution < 1.29 is 9.59 Å². The second kappa shape index (κ2) is 9.33. The largest absolute Gasteiger partial charge is 0.336 e. The van der Waals surface area contributed by atoms with E-state index in [1.165, 1.54) is 12.5 Å². The molecule has 5 heteroatoms. The first-order chi connectivity index (χ1) is 13.1. The number of urea groups is 1. The molecule has 1 aliphatic rings. The molecular weight excluding hydrogens is 338 g/mol. The Bertz CT molecular complexity index is 776. The second-order valence-corrected chi connectivity index (χ2v) is 7.20. The number of ketones is 1. The number of rotatable bonds is 6. The first-order valence-electron chi connectivity index (χ1n) is 9.53. The maximum absolute atomic E-state index is 12.2. The van der Waals surface area contributed by atoms with Gasteiger partial charge in [-0.15, -0.1) is 0 Å². The minimum absolute atomic E-state index is 0.0186. The van der Waals surface area contributed by atoms with Crippen LogP contribution in [0.25, 0.3) is 0 Å². The van der Waals surface area contributed by atoms with Crippen molar-refractivity contribution in [2.45, 2.75) is 32.2 Å². The molecule has 1 heterocycles. The van der Waals surface area contributed by atoms with Crippen LogP contribution in [-0.2, 0) is 6.42 Å². The summed E-state index contributed by atoms with van der Waals surface area (Å²) >= 11 is 0. The topological polar surface area (TPSA) is 70.2 Å². The quantitative estimate of drug-likeness (QED) is 0.685. The Labute approximate surface area is 160 Å². The van der Waals surface area contributed by atoms with Gasteiger partial charge in [-0.05, 0) is 56.3 Å². The molecule has 5 nitrogen and oxygen atoms in total. The number of hydrogen-bond acceptors (Lipinski definition) is 3. The monoisotopic (exact) mass is 365 g/mol. The van der Waals surface area contributed by atoms with Gasteiger partial charge in [0.15, 0.2) is 5.78 Å². The molecule has 0 saturated carbocycles. The third kappa shape index (κ3) is 5.93. The van der Waals surface area contributed by atoms with Crippen molar-refractivity contribution in [1.29, 1.82) is 0 Å². The zero-order chi connectivity index (χ0) is 19.1. The molecule has 1 saturated heterocycles. The van der Waals surface area contributed by atoms with Crippen molar-refractivity contribution in [1.82, 2.24) is 10.6 Å². The number of anilines is 1. The van der Waals surface area contributed by atoms with Crippen LogP contribution in [0.5, 0.6) is 0 Å². The first-order valence-corrected chi connectivity index (χ1v) is 9.53. The number of benzene rings is 2. The highest BCUT2D eigenvalue weighted by Crippen LogP contribution is 2.21. The lowest BCUT2D eigenvalue weighted by molar-refractivity contribution is 0.101. The van der Waals surface area contributed by atoms with E-state index in [2.05, 4.69) is 40.2 Å². The van der Waals surface area contributed by atoms with Gasteiger partial charge in [0, 0.05) is 23.8 Å². The smallest absolute Gasteiger partial charge is 0.319 e. The molecule has 0 bridgehead atoms. The molecular formula is C22H27N3O2. The Morgan fingerprint density at radius 1 is 1.11 bits per heavy atom. The van der Waals surface area contributed by atoms with Gasteiger partial charge in [-0.2, -0.15) is 0 Å². The standard InChI is InChI=1S/C22H27N3O2/c1-16(26)19-8-5-9-20(14-19)25-22(27)24-15-21-13-18(10-11-23-21)12-17-6-3-2-4-7-17/h2-9,14,18,21,23H,10-13,15H2,1H3,(H2,24,25,27)/t18-,21-/m1/s1. The molecule has 2 atom stereocenters. The molecule has 142 valence electrons. The summed E-state index contributed by atoms with van der Waals surface area (Å²) < 4.78 is 0. The minimum Gasteiger partial charge on any atom is -0.336 e. The number of nitrogens with one attached hydrogen (secondary N) is 3. The molecule has 3 rings (SSSR count). The van der Waals surface area contributed by atoms with Gasteiger partial charge in [-0.25, -0.2) is 4.79 Å². The summed E-state index contributed by atoms with van der Waals surface area (Å²) in [7, 11) is 0. The van der Waals surface area contributed by atoms with E-state index in [0.717, 1.165) is 25.8 Å². The fourth-order valence-corrected chi connectivity index (χ4v) is 3.59. The van der Waals surface area contributed by atoms with E-state index in [-0.39, 0.29) is 17.9 Å². The van der Waals surface area contributed by atoms with Crippen LogP contribution in [0.1, 0.15) is 35.7 Å². The Hall–Kier alpha value is -2.66. The Kier molecular flexibility index (Phi) is 6.60. The predicted molar refractivity (Wildman–Crippen MR) is 108 cm³/mol. The maximum atomic E-state index is 12.2. The predicted octanol–water partition coefficient (Wildman–Crippen LogP) is 3.62. The van der Waals surface area contributed by atoms with Crippen LogP contribution in [-0.4, -0.2) is 30.9 Å². The lowest BCUT2D eigenvalue weighted by Crippen LogP contribution is -2.47. The highest BCUT2D eigenvalue weighted by atomic mass is 16.2. The van der Waals surface area contributed by atoms with Gasteiger partial charge in [0.05, 0.1) is 0 Å². The fourth-order valence-electron chi connectivity index (χ4n) is 3.59. The number of amides is 2. The van der Waals surface area contributed by atoms with Crippen molar-refractivity contribution in [2.75, 3.05) is 18.4 Å². The van der Waals surface area contributed by atoms with E-state index >= 15 is 0 Å². The van der Waals surface area contributed by atoms with Gasteiger partial charge in [-0.3, -0.25) is 4.79 Å². The van der Waals surface area contributed by atoms with Crippen LogP contribution in [0.15, 0.2) is 54.6 Å². The van der Waals surface area contributed by atoms with Gasteiger partial charge < -0.3 is 16.0 Å². The lowest BCUT2D eigenvalue weighted by atomic mass is 9.87. The number of Topliss-reactive ketones (excluding diaryl/α,β-unsaturated/α-hetero) is 1. The zero-order valence-corrected chi connectivity index (χ0v) is 15.7. The van der Waals surface area contributed by atoms with Crippen molar-refractivity contribution in [2.24, 2.45) is 5.92 Å². The number of piperidine rings is 1. The van der Waals surface area contributed by atoms with Gasteiger partial charge >= 0.3 is 6.03 Å². The van der Waals surface area contributed by atoms with Crippen molar-refractivity contribution in [3.63, 3.8) is 0 Å². The van der Waals surface area contributed by atoms with Crippen LogP contribution < -0.4 is 16.0 Å². The van der Waals surface area contributed by atoms with E-state index in [1.807, 2.05) is 6.07 Å². The summed E-state index contributed by atoms with van der Waals surface area (Å²) in [5, 5.41) is 9.23. The normalized spacial score (nSPS) is 19.3. The molecule has 1 fully saturated rings. The van der Waals surface area contributed by atoms with Crippen LogP contribution in [0.4, 0.5) is 10.5 Å². The Morgan fingerprint density at radius 2 is 1.93 bits per heavy atom. The zero-order valence-electron chi connectivity index (χ0n) is 15.7. The summed E-state index contributed by atoms with van der Waals surface area (Å²) in [6.07, 6.45) is 3.30. The number of carbonyl (C=O) groups excluding carboxylic acids is 2. The minimum atomic E-state index is -0.248. The van der Waals surface area contributed by atoms with Crippen molar-refractivity contribution in [3.8, 4) is 0 Å². The molecule has 0 radical (unpaired) electrons. The average Bonchev–Trinajstić information content (AvgIpc) is 2.68. The average molecular weight is 365 g/mol. The lowest BCUT2D eigenvalue weighted by Gasteiger charge is -2.30. The molecule has 0 aromatic heterocycles. The molecule has 0 spiro atoms. The Balaban J connectivity index is 1.45. The molecule has 2 aromatic rings. The number of carbonyl (C=O) groups is 2. The van der Waals surface area contributed by atoms with Crippen molar-refractivity contribution >= 4 is 17.5 Å². The van der Waals surface area contributed by atoms with Gasteiger partial charge in [0.25, 0.3) is 0 Å². The summed E-state index contributed by atoms with van der Waals surface area (Å²) in [4.78, 5) is 23.6. The molecule has 1 aliphatic heterocycles. The van der Waals surface area contributed by atoms with Crippen LogP contribution in [0.3, 0.4) is 0 Å². The van der Waals surface area contributed by atoms with Gasteiger partial charge in [0.2, 0.25) is 0 Å². The molecule has 3 N–H and O–H groups in total. The van der Waals surface area contributed by atoms with Gasteiger partial charge in [0.1, 0.15) is 0 Å². The molecule has 0 aliphatic carbocycles. The van der Waals surface area contributed by atoms with E-state index in [9.17, 15) is 9.59 Å². The molecule has 27 heavy (non-hydrogen) atoms. The summed E-state index contributed by atoms with van der Waals surface area (Å²) in [5.74, 6) is 0.616. The van der Waals surface area contributed by atoms with Gasteiger partial charge in [-0.1, -0.05) is 42.5 Å². The van der Waals surface area contributed by atoms with Crippen LogP contribution in [0.2, 0.25) is 0 Å². The maximum Gasteiger partial charge on any atom is 0.319 e. The third-order valence-corrected chi connectivity index (χ3v) is 5.01. The summed E-state index contributed by atoms with van der Waals surface area (Å²) in [6, 6.07) is 17.6. The van der Waals surface area contributed by atoms with E-state index in [0.29, 0.717) is 23.7 Å². The molecule has 0 unspecified atom stereocenters. The first kappa shape index (κ1) is 19.1. The second-order valence-electron chi connectivity index (χ2n) is 7.20. The number of hydrogen-bond donors (Lipinski definition) is 3. The van der Waals surface area contributed by atoms with Crippen LogP contribution in [0, 0.1) is 5.92 Å². The highest BCUT2D eigenvalue weighted by Gasteiger charge is 2.22. The van der Waals surface area contributed by atoms with E-state index in [1.54, 1.807) is 24.3 Å². The summed E-state index contributed by atoms with van der Waals surface area (Å²) in [6.45, 7) is 3.08. The van der Waals surface area contributed by atoms with E-state index < -0.39 is 0 Å². The van der Waals surface area contributed by atoms with Crippen molar-refractivity contribution in [3.05, 3.63) is 65.7 Å². The third-order valence-electron chi connectivity index (χ3n) is 5.01.